The van der Waals surface area contributed by atoms with Gasteiger partial charge in [0.1, 0.15) is 11.6 Å². The van der Waals surface area contributed by atoms with E-state index in [-0.39, 0.29) is 12.5 Å². The standard InChI is InChI=1S/C16H16N4O3S2/c1-10-6-20(16(23)18-14(10)22)8-13(21)19(2)7-11-9-25-15(17-11)12-4-3-5-24-12/h3-6,9H,7-8H2,1-2H3,(H,18,22,23). The van der Waals surface area contributed by atoms with E-state index >= 15 is 0 Å². The minimum atomic E-state index is -0.592. The molecule has 1 N–H and O–H groups in total. The molecule has 0 unspecified atom stereocenters. The van der Waals surface area contributed by atoms with Gasteiger partial charge in [0, 0.05) is 24.2 Å². The van der Waals surface area contributed by atoms with Crippen molar-refractivity contribution in [3.63, 3.8) is 0 Å². The number of aryl methyl sites for hydroxylation is 1. The molecule has 3 aromatic heterocycles. The van der Waals surface area contributed by atoms with E-state index in [4.69, 9.17) is 0 Å². The smallest absolute Gasteiger partial charge is 0.328 e. The van der Waals surface area contributed by atoms with Crippen LogP contribution in [0.25, 0.3) is 9.88 Å². The predicted molar refractivity (Wildman–Crippen MR) is 98.0 cm³/mol. The molecule has 0 saturated heterocycles. The first-order valence-electron chi connectivity index (χ1n) is 7.46. The van der Waals surface area contributed by atoms with E-state index in [1.54, 1.807) is 25.3 Å². The van der Waals surface area contributed by atoms with Gasteiger partial charge in [-0.25, -0.2) is 9.78 Å². The molecule has 0 atom stereocenters. The van der Waals surface area contributed by atoms with E-state index in [2.05, 4.69) is 9.97 Å². The SMILES string of the molecule is Cc1cn(CC(=O)N(C)Cc2csc(-c3cccs3)n2)c(=O)[nH]c1=O. The van der Waals surface area contributed by atoms with Gasteiger partial charge in [0.2, 0.25) is 5.91 Å². The lowest BCUT2D eigenvalue weighted by molar-refractivity contribution is -0.131. The average molecular weight is 376 g/mol. The van der Waals surface area contributed by atoms with Crippen LogP contribution < -0.4 is 11.2 Å². The van der Waals surface area contributed by atoms with Gasteiger partial charge in [-0.3, -0.25) is 19.1 Å². The summed E-state index contributed by atoms with van der Waals surface area (Å²) in [5.74, 6) is -0.237. The van der Waals surface area contributed by atoms with Crippen LogP contribution in [0.4, 0.5) is 0 Å². The third-order valence-corrected chi connectivity index (χ3v) is 5.53. The third kappa shape index (κ3) is 3.94. The van der Waals surface area contributed by atoms with Gasteiger partial charge in [-0.2, -0.15) is 0 Å². The monoisotopic (exact) mass is 376 g/mol. The number of likely N-dealkylation sites (N-methyl/N-ethyl adjacent to an activating group) is 1. The molecule has 0 aromatic carbocycles. The van der Waals surface area contributed by atoms with Crippen LogP contribution in [-0.2, 0) is 17.9 Å². The van der Waals surface area contributed by atoms with E-state index in [0.717, 1.165) is 15.6 Å². The Morgan fingerprint density at radius 1 is 1.36 bits per heavy atom. The Morgan fingerprint density at radius 3 is 2.88 bits per heavy atom. The number of H-pyrrole nitrogens is 1. The summed E-state index contributed by atoms with van der Waals surface area (Å²) in [7, 11) is 1.66. The van der Waals surface area contributed by atoms with E-state index in [1.165, 1.54) is 27.0 Å². The number of hydrogen-bond donors (Lipinski definition) is 1. The second-order valence-electron chi connectivity index (χ2n) is 5.57. The number of amides is 1. The number of nitrogens with one attached hydrogen (secondary N) is 1. The van der Waals surface area contributed by atoms with Crippen LogP contribution in [0, 0.1) is 6.92 Å². The molecule has 0 saturated carbocycles. The largest absolute Gasteiger partial charge is 0.338 e. The molecule has 0 bridgehead atoms. The summed E-state index contributed by atoms with van der Waals surface area (Å²) in [5.41, 5.74) is 0.154. The molecule has 0 aliphatic heterocycles. The molecule has 0 radical (unpaired) electrons. The van der Waals surface area contributed by atoms with Crippen LogP contribution in [0.15, 0.2) is 38.7 Å². The van der Waals surface area contributed by atoms with Crippen molar-refractivity contribution in [2.24, 2.45) is 0 Å². The number of hydrogen-bond acceptors (Lipinski definition) is 6. The zero-order chi connectivity index (χ0) is 18.0. The molecule has 9 heteroatoms. The van der Waals surface area contributed by atoms with Gasteiger partial charge < -0.3 is 4.90 Å². The molecular weight excluding hydrogens is 360 g/mol. The van der Waals surface area contributed by atoms with Crippen LogP contribution >= 0.6 is 22.7 Å². The van der Waals surface area contributed by atoms with Crippen LogP contribution in [-0.4, -0.2) is 32.4 Å². The Labute approximate surface area is 151 Å². The number of carbonyl (C=O) groups excluding carboxylic acids is 1. The number of aromatic amines is 1. The summed E-state index contributed by atoms with van der Waals surface area (Å²) in [6, 6.07) is 3.98. The van der Waals surface area contributed by atoms with Crippen molar-refractivity contribution in [3.05, 3.63) is 61.2 Å². The van der Waals surface area contributed by atoms with Crippen molar-refractivity contribution in [1.82, 2.24) is 19.4 Å². The topological polar surface area (TPSA) is 88.1 Å². The van der Waals surface area contributed by atoms with Crippen LogP contribution in [0.3, 0.4) is 0 Å². The Balaban J connectivity index is 1.68. The summed E-state index contributed by atoms with van der Waals surface area (Å²) < 4.78 is 1.20. The molecule has 3 heterocycles. The van der Waals surface area contributed by atoms with Gasteiger partial charge in [0.15, 0.2) is 0 Å². The van der Waals surface area contributed by atoms with Gasteiger partial charge in [-0.15, -0.1) is 22.7 Å². The Bertz CT molecular complexity index is 1000. The molecule has 3 rings (SSSR count). The fourth-order valence-corrected chi connectivity index (χ4v) is 3.85. The maximum absolute atomic E-state index is 12.4. The van der Waals surface area contributed by atoms with Crippen LogP contribution in [0.2, 0.25) is 0 Å². The molecular formula is C16H16N4O3S2. The molecule has 1 amide bonds. The molecule has 130 valence electrons. The normalized spacial score (nSPS) is 10.8. The highest BCUT2D eigenvalue weighted by atomic mass is 32.1. The molecule has 3 aromatic rings. The first kappa shape index (κ1) is 17.3. The third-order valence-electron chi connectivity index (χ3n) is 3.60. The number of rotatable bonds is 5. The number of carbonyl (C=O) groups is 1. The summed E-state index contributed by atoms with van der Waals surface area (Å²) in [4.78, 5) is 44.9. The Hall–Kier alpha value is -2.52. The highest BCUT2D eigenvalue weighted by molar-refractivity contribution is 7.20. The van der Waals surface area contributed by atoms with Gasteiger partial charge in [-0.1, -0.05) is 6.07 Å². The van der Waals surface area contributed by atoms with Gasteiger partial charge in [-0.05, 0) is 18.4 Å². The van der Waals surface area contributed by atoms with Crippen LogP contribution in [0.1, 0.15) is 11.3 Å². The Kier molecular flexibility index (Phi) is 4.95. The average Bonchev–Trinajstić information content (AvgIpc) is 3.23. The minimum absolute atomic E-state index is 0.130. The summed E-state index contributed by atoms with van der Waals surface area (Å²) in [6.07, 6.45) is 1.39. The summed E-state index contributed by atoms with van der Waals surface area (Å²) in [6.45, 7) is 1.82. The van der Waals surface area contributed by atoms with E-state index in [0.29, 0.717) is 12.1 Å². The lowest BCUT2D eigenvalue weighted by Crippen LogP contribution is -2.37. The predicted octanol–water partition coefficient (Wildman–Crippen LogP) is 1.69. The first-order chi connectivity index (χ1) is 11.9. The van der Waals surface area contributed by atoms with Gasteiger partial charge in [0.25, 0.3) is 5.56 Å². The summed E-state index contributed by atoms with van der Waals surface area (Å²) in [5, 5.41) is 4.85. The highest BCUT2D eigenvalue weighted by Gasteiger charge is 2.14. The van der Waals surface area contributed by atoms with E-state index in [9.17, 15) is 14.4 Å². The van der Waals surface area contributed by atoms with Crippen molar-refractivity contribution < 1.29 is 4.79 Å². The maximum Gasteiger partial charge on any atom is 0.328 e. The molecule has 0 aliphatic rings. The van der Waals surface area contributed by atoms with Crippen molar-refractivity contribution in [2.75, 3.05) is 7.05 Å². The quantitative estimate of drug-likeness (QED) is 0.734. The van der Waals surface area contributed by atoms with Crippen molar-refractivity contribution >= 4 is 28.6 Å². The fourth-order valence-electron chi connectivity index (χ4n) is 2.23. The number of thiophene rings is 1. The molecule has 0 aliphatic carbocycles. The van der Waals surface area contributed by atoms with Gasteiger partial charge >= 0.3 is 5.69 Å². The second-order valence-corrected chi connectivity index (χ2v) is 7.38. The van der Waals surface area contributed by atoms with Crippen molar-refractivity contribution in [1.29, 1.82) is 0 Å². The highest BCUT2D eigenvalue weighted by Crippen LogP contribution is 2.28. The lowest BCUT2D eigenvalue weighted by atomic mass is 10.3. The first-order valence-corrected chi connectivity index (χ1v) is 9.22. The zero-order valence-corrected chi connectivity index (χ0v) is 15.3. The Morgan fingerprint density at radius 2 is 2.16 bits per heavy atom. The summed E-state index contributed by atoms with van der Waals surface area (Å²) >= 11 is 3.16. The van der Waals surface area contributed by atoms with Crippen molar-refractivity contribution in [2.45, 2.75) is 20.0 Å². The number of thiazole rings is 1. The van der Waals surface area contributed by atoms with Gasteiger partial charge in [0.05, 0.1) is 17.1 Å². The molecule has 7 nitrogen and oxygen atoms in total. The molecule has 0 spiro atoms. The van der Waals surface area contributed by atoms with Crippen molar-refractivity contribution in [3.8, 4) is 9.88 Å². The zero-order valence-electron chi connectivity index (χ0n) is 13.7. The minimum Gasteiger partial charge on any atom is -0.338 e. The maximum atomic E-state index is 12.4. The second kappa shape index (κ2) is 7.16. The van der Waals surface area contributed by atoms with E-state index in [1.807, 2.05) is 22.9 Å². The number of nitrogens with zero attached hydrogens (tertiary/aromatic N) is 3. The molecule has 0 fully saturated rings. The fraction of sp³-hybridized carbons (Fsp3) is 0.250. The van der Waals surface area contributed by atoms with Crippen LogP contribution in [0.5, 0.6) is 0 Å². The number of aromatic nitrogens is 3. The van der Waals surface area contributed by atoms with E-state index < -0.39 is 11.2 Å². The molecule has 25 heavy (non-hydrogen) atoms. The lowest BCUT2D eigenvalue weighted by Gasteiger charge is -2.16.